The number of carbonyl (C=O) groups is 1. The zero-order chi connectivity index (χ0) is 12.8. The van der Waals surface area contributed by atoms with Gasteiger partial charge >= 0.3 is 111 Å². The van der Waals surface area contributed by atoms with E-state index in [0.717, 1.165) is 18.7 Å². The quantitative estimate of drug-likeness (QED) is 0.485. The second kappa shape index (κ2) is 6.57. The van der Waals surface area contributed by atoms with E-state index in [0.29, 0.717) is 10.3 Å². The minimum absolute atomic E-state index is 0.203. The third-order valence-corrected chi connectivity index (χ3v) is 3.26. The van der Waals surface area contributed by atoms with Crippen molar-refractivity contribution in [2.45, 2.75) is 20.8 Å². The average Bonchev–Trinajstić information content (AvgIpc) is 2.31. The van der Waals surface area contributed by atoms with Gasteiger partial charge in [-0.1, -0.05) is 0 Å². The Balaban J connectivity index is 2.84. The van der Waals surface area contributed by atoms with Crippen molar-refractivity contribution in [2.75, 3.05) is 13.1 Å². The maximum atomic E-state index is 11.9. The number of aryl methyl sites for hydroxylation is 1. The fraction of sp³-hybridized carbons (Fsp3) is 0.385. The Morgan fingerprint density at radius 2 is 1.76 bits per heavy atom. The number of benzene rings is 1. The fourth-order valence-electron chi connectivity index (χ4n) is 1.41. The number of amidine groups is 1. The van der Waals surface area contributed by atoms with Crippen molar-refractivity contribution in [3.63, 3.8) is 0 Å². The monoisotopic (exact) mass is 297 g/mol. The van der Waals surface area contributed by atoms with Crippen LogP contribution in [0.5, 0.6) is 0 Å². The van der Waals surface area contributed by atoms with E-state index in [1.807, 2.05) is 37.8 Å². The first-order chi connectivity index (χ1) is 8.08. The number of amides is 1. The van der Waals surface area contributed by atoms with Gasteiger partial charge in [0, 0.05) is 0 Å². The van der Waals surface area contributed by atoms with Crippen LogP contribution in [-0.4, -0.2) is 44.6 Å². The number of aliphatic imine (C=N–C) groups is 1. The van der Waals surface area contributed by atoms with Gasteiger partial charge in [-0.15, -0.1) is 0 Å². The van der Waals surface area contributed by atoms with Crippen LogP contribution in [0.2, 0.25) is 0 Å². The molecule has 0 saturated carbocycles. The van der Waals surface area contributed by atoms with E-state index < -0.39 is 0 Å². The van der Waals surface area contributed by atoms with E-state index in [1.165, 1.54) is 0 Å². The molecule has 0 bridgehead atoms. The molecular formula is C13H17N2OSe. The Kier molecular flexibility index (Phi) is 5.39. The van der Waals surface area contributed by atoms with Gasteiger partial charge in [-0.3, -0.25) is 0 Å². The molecule has 0 aliphatic carbocycles. The van der Waals surface area contributed by atoms with Gasteiger partial charge in [0.1, 0.15) is 0 Å². The molecule has 1 rings (SSSR count). The van der Waals surface area contributed by atoms with Crippen molar-refractivity contribution < 1.29 is 4.79 Å². The number of hydrogen-bond acceptors (Lipinski definition) is 1. The summed E-state index contributed by atoms with van der Waals surface area (Å²) in [6, 6.07) is 7.44. The number of carbonyl (C=O) groups excluding carboxylic acids is 1. The summed E-state index contributed by atoms with van der Waals surface area (Å²) in [4.78, 5) is 17.9. The second-order valence-electron chi connectivity index (χ2n) is 3.74. The molecule has 4 heteroatoms. The van der Waals surface area contributed by atoms with Crippen LogP contribution in [-0.2, 0) is 0 Å². The van der Waals surface area contributed by atoms with Crippen molar-refractivity contribution in [1.82, 2.24) is 4.90 Å². The first-order valence-electron chi connectivity index (χ1n) is 5.70. The zero-order valence-corrected chi connectivity index (χ0v) is 12.1. The summed E-state index contributed by atoms with van der Waals surface area (Å²) in [6.45, 7) is 7.74. The van der Waals surface area contributed by atoms with Crippen molar-refractivity contribution >= 4 is 26.7 Å². The van der Waals surface area contributed by atoms with Gasteiger partial charge in [0.2, 0.25) is 0 Å². The molecule has 1 amide bonds. The van der Waals surface area contributed by atoms with Crippen molar-refractivity contribution in [3.05, 3.63) is 35.4 Å². The third-order valence-electron chi connectivity index (χ3n) is 2.53. The molecule has 91 valence electrons. The summed E-state index contributed by atoms with van der Waals surface area (Å²) in [6.07, 6.45) is 0. The first kappa shape index (κ1) is 13.9. The standard InChI is InChI=1S/C13H17N2OSe/c1-4-15(5-2)13(17)14-12(16)11-8-6-10(3)7-9-11/h6-9H,4-5H2,1-3H3. The maximum absolute atomic E-state index is 11.9. The molecule has 0 N–H and O–H groups in total. The predicted octanol–water partition coefficient (Wildman–Crippen LogP) is 2.00. The second-order valence-corrected chi connectivity index (χ2v) is 4.50. The molecule has 0 fully saturated rings. The fourth-order valence-corrected chi connectivity index (χ4v) is 2.13. The molecule has 1 radical (unpaired) electrons. The Morgan fingerprint density at radius 3 is 2.24 bits per heavy atom. The Hall–Kier alpha value is -1.12. The number of nitrogens with zero attached hydrogens (tertiary/aromatic N) is 2. The average molecular weight is 296 g/mol. The summed E-state index contributed by atoms with van der Waals surface area (Å²) in [5, 5.41) is 0. The molecule has 0 aliphatic rings. The number of rotatable bonds is 3. The molecule has 3 nitrogen and oxygen atoms in total. The van der Waals surface area contributed by atoms with Crippen molar-refractivity contribution in [3.8, 4) is 0 Å². The summed E-state index contributed by atoms with van der Waals surface area (Å²) in [5.74, 6) is -0.203. The van der Waals surface area contributed by atoms with Crippen molar-refractivity contribution in [2.24, 2.45) is 4.99 Å². The van der Waals surface area contributed by atoms with E-state index in [2.05, 4.69) is 21.0 Å². The molecule has 0 heterocycles. The van der Waals surface area contributed by atoms with E-state index in [1.54, 1.807) is 12.1 Å². The van der Waals surface area contributed by atoms with Crippen LogP contribution in [0.3, 0.4) is 0 Å². The molecule has 1 aromatic rings. The van der Waals surface area contributed by atoms with Gasteiger partial charge < -0.3 is 0 Å². The van der Waals surface area contributed by atoms with Crippen LogP contribution >= 0.6 is 0 Å². The summed E-state index contributed by atoms with van der Waals surface area (Å²) >= 11 is 2.85. The predicted molar refractivity (Wildman–Crippen MR) is 71.6 cm³/mol. The van der Waals surface area contributed by atoms with Crippen molar-refractivity contribution in [1.29, 1.82) is 0 Å². The topological polar surface area (TPSA) is 32.7 Å². The molecule has 0 saturated heterocycles. The van der Waals surface area contributed by atoms with Gasteiger partial charge in [-0.05, 0) is 0 Å². The molecule has 1 aromatic carbocycles. The Morgan fingerprint density at radius 1 is 1.24 bits per heavy atom. The van der Waals surface area contributed by atoms with Crippen LogP contribution in [0.4, 0.5) is 0 Å². The van der Waals surface area contributed by atoms with Gasteiger partial charge in [0.25, 0.3) is 0 Å². The minimum atomic E-state index is -0.203. The van der Waals surface area contributed by atoms with Gasteiger partial charge in [0.05, 0.1) is 0 Å². The molecule has 17 heavy (non-hydrogen) atoms. The Labute approximate surface area is 111 Å². The van der Waals surface area contributed by atoms with Crippen LogP contribution in [0.25, 0.3) is 0 Å². The molecular weight excluding hydrogens is 279 g/mol. The van der Waals surface area contributed by atoms with E-state index in [-0.39, 0.29) is 5.91 Å². The van der Waals surface area contributed by atoms with E-state index in [9.17, 15) is 4.79 Å². The third kappa shape index (κ3) is 3.99. The molecule has 0 atom stereocenters. The summed E-state index contributed by atoms with van der Waals surface area (Å²) < 4.78 is 0.653. The van der Waals surface area contributed by atoms with E-state index in [4.69, 9.17) is 0 Å². The van der Waals surface area contributed by atoms with Gasteiger partial charge in [-0.25, -0.2) is 0 Å². The van der Waals surface area contributed by atoms with Gasteiger partial charge in [0.15, 0.2) is 0 Å². The first-order valence-corrected chi connectivity index (χ1v) is 6.55. The normalized spacial score (nSPS) is 11.4. The molecule has 0 unspecified atom stereocenters. The molecule has 0 aliphatic heterocycles. The number of hydrogen-bond donors (Lipinski definition) is 0. The molecule has 0 spiro atoms. The summed E-state index contributed by atoms with van der Waals surface area (Å²) in [5.41, 5.74) is 1.76. The Bertz CT molecular complexity index is 408. The summed E-state index contributed by atoms with van der Waals surface area (Å²) in [7, 11) is 0. The van der Waals surface area contributed by atoms with Crippen LogP contribution in [0.1, 0.15) is 29.8 Å². The van der Waals surface area contributed by atoms with E-state index >= 15 is 0 Å². The SMILES string of the molecule is CCN(CC)C([Se])=NC(=O)c1ccc(C)cc1. The van der Waals surface area contributed by atoms with Gasteiger partial charge in [-0.2, -0.15) is 0 Å². The van der Waals surface area contributed by atoms with Crippen LogP contribution in [0, 0.1) is 6.92 Å². The zero-order valence-electron chi connectivity index (χ0n) is 10.4. The van der Waals surface area contributed by atoms with Crippen LogP contribution in [0.15, 0.2) is 29.3 Å². The molecule has 0 aromatic heterocycles. The van der Waals surface area contributed by atoms with Crippen LogP contribution < -0.4 is 0 Å².